The molecule has 1 nitrogen and oxygen atoms in total. The van der Waals surface area contributed by atoms with Gasteiger partial charge in [-0.05, 0) is 49.4 Å². The van der Waals surface area contributed by atoms with Gasteiger partial charge >= 0.3 is 0 Å². The maximum atomic E-state index is 5.92. The minimum Gasteiger partial charge on any atom is -0.310 e. The van der Waals surface area contributed by atoms with E-state index in [9.17, 15) is 0 Å². The molecule has 1 aromatic carbocycles. The fourth-order valence-corrected chi connectivity index (χ4v) is 2.84. The van der Waals surface area contributed by atoms with E-state index in [1.807, 2.05) is 12.1 Å². The molecule has 1 fully saturated rings. The van der Waals surface area contributed by atoms with Crippen LogP contribution in [0, 0.1) is 5.92 Å². The first-order valence-corrected chi connectivity index (χ1v) is 7.16. The summed E-state index contributed by atoms with van der Waals surface area (Å²) in [5, 5.41) is 4.52. The van der Waals surface area contributed by atoms with Crippen molar-refractivity contribution in [2.75, 3.05) is 6.54 Å². The van der Waals surface area contributed by atoms with Gasteiger partial charge in [0.15, 0.2) is 0 Å². The fraction of sp³-hybridized carbons (Fsp3) is 0.600. The van der Waals surface area contributed by atoms with Crippen LogP contribution in [0.25, 0.3) is 0 Å². The van der Waals surface area contributed by atoms with Crippen LogP contribution >= 0.6 is 11.6 Å². The molecule has 2 heteroatoms. The number of halogens is 1. The summed E-state index contributed by atoms with van der Waals surface area (Å²) >= 11 is 5.92. The third-order valence-electron chi connectivity index (χ3n) is 3.81. The van der Waals surface area contributed by atoms with Crippen molar-refractivity contribution >= 4 is 11.6 Å². The molecule has 1 aliphatic carbocycles. The quantitative estimate of drug-likeness (QED) is 0.808. The molecule has 1 saturated carbocycles. The molecule has 1 N–H and O–H groups in total. The molecule has 17 heavy (non-hydrogen) atoms. The molecule has 1 aliphatic rings. The molecule has 1 aromatic rings. The average Bonchev–Trinajstić information content (AvgIpc) is 2.85. The molecule has 0 aliphatic heterocycles. The second-order valence-corrected chi connectivity index (χ2v) is 5.51. The Morgan fingerprint density at radius 2 is 1.88 bits per heavy atom. The molecule has 94 valence electrons. The molecule has 0 spiro atoms. The lowest BCUT2D eigenvalue weighted by molar-refractivity contribution is 0.431. The molecule has 1 unspecified atom stereocenters. The summed E-state index contributed by atoms with van der Waals surface area (Å²) in [5.74, 6) is 0.899. The van der Waals surface area contributed by atoms with E-state index in [0.29, 0.717) is 6.04 Å². The predicted octanol–water partition coefficient (Wildman–Crippen LogP) is 4.57. The Balaban J connectivity index is 1.89. The first-order valence-electron chi connectivity index (χ1n) is 6.78. The van der Waals surface area contributed by atoms with Gasteiger partial charge in [0.1, 0.15) is 0 Å². The zero-order valence-corrected chi connectivity index (χ0v) is 11.3. The van der Waals surface area contributed by atoms with Crippen LogP contribution in [-0.2, 0) is 0 Å². The normalized spacial score (nSPS) is 18.5. The highest BCUT2D eigenvalue weighted by atomic mass is 35.5. The van der Waals surface area contributed by atoms with Gasteiger partial charge in [-0.15, -0.1) is 0 Å². The van der Waals surface area contributed by atoms with Crippen LogP contribution in [0.15, 0.2) is 24.3 Å². The lowest BCUT2D eigenvalue weighted by Crippen LogP contribution is -2.26. The summed E-state index contributed by atoms with van der Waals surface area (Å²) in [7, 11) is 0. The maximum Gasteiger partial charge on any atom is 0.0406 e. The second kappa shape index (κ2) is 6.42. The van der Waals surface area contributed by atoms with Gasteiger partial charge in [-0.3, -0.25) is 0 Å². The SMILES string of the molecule is CCC(NCC1CCCC1)c1ccc(Cl)cc1. The van der Waals surface area contributed by atoms with E-state index >= 15 is 0 Å². The standard InChI is InChI=1S/C15H22ClN/c1-2-15(13-7-9-14(16)10-8-13)17-11-12-5-3-4-6-12/h7-10,12,15,17H,2-6,11H2,1H3. The molecular weight excluding hydrogens is 230 g/mol. The molecule has 0 amide bonds. The highest BCUT2D eigenvalue weighted by Gasteiger charge is 2.16. The average molecular weight is 252 g/mol. The fourth-order valence-electron chi connectivity index (χ4n) is 2.72. The van der Waals surface area contributed by atoms with E-state index in [1.54, 1.807) is 0 Å². The van der Waals surface area contributed by atoms with Crippen LogP contribution in [0.2, 0.25) is 5.02 Å². The summed E-state index contributed by atoms with van der Waals surface area (Å²) in [4.78, 5) is 0. The van der Waals surface area contributed by atoms with Crippen molar-refractivity contribution < 1.29 is 0 Å². The van der Waals surface area contributed by atoms with Crippen molar-refractivity contribution in [3.8, 4) is 0 Å². The Morgan fingerprint density at radius 1 is 1.24 bits per heavy atom. The van der Waals surface area contributed by atoms with Crippen LogP contribution in [0.3, 0.4) is 0 Å². The van der Waals surface area contributed by atoms with Gasteiger partial charge in [0, 0.05) is 11.1 Å². The van der Waals surface area contributed by atoms with Crippen molar-refractivity contribution in [3.63, 3.8) is 0 Å². The Labute approximate surface area is 110 Å². The third-order valence-corrected chi connectivity index (χ3v) is 4.06. The molecule has 2 rings (SSSR count). The Hall–Kier alpha value is -0.530. The number of hydrogen-bond acceptors (Lipinski definition) is 1. The summed E-state index contributed by atoms with van der Waals surface area (Å²) in [5.41, 5.74) is 1.36. The monoisotopic (exact) mass is 251 g/mol. The number of rotatable bonds is 5. The summed E-state index contributed by atoms with van der Waals surface area (Å²) in [6.45, 7) is 3.40. The Bertz CT molecular complexity index is 327. The summed E-state index contributed by atoms with van der Waals surface area (Å²) in [6.07, 6.45) is 6.79. The van der Waals surface area contributed by atoms with Gasteiger partial charge < -0.3 is 5.32 Å². The van der Waals surface area contributed by atoms with Crippen molar-refractivity contribution in [1.82, 2.24) is 5.32 Å². The molecule has 0 aromatic heterocycles. The summed E-state index contributed by atoms with van der Waals surface area (Å²) < 4.78 is 0. The van der Waals surface area contributed by atoms with Crippen LogP contribution in [0.4, 0.5) is 0 Å². The van der Waals surface area contributed by atoms with Crippen molar-refractivity contribution in [3.05, 3.63) is 34.9 Å². The molecule has 0 radical (unpaired) electrons. The van der Waals surface area contributed by atoms with E-state index in [4.69, 9.17) is 11.6 Å². The number of nitrogens with one attached hydrogen (secondary N) is 1. The minimum absolute atomic E-state index is 0.480. The lowest BCUT2D eigenvalue weighted by Gasteiger charge is -2.20. The minimum atomic E-state index is 0.480. The van der Waals surface area contributed by atoms with Crippen molar-refractivity contribution in [1.29, 1.82) is 0 Å². The number of hydrogen-bond donors (Lipinski definition) is 1. The van der Waals surface area contributed by atoms with Gasteiger partial charge in [-0.2, -0.15) is 0 Å². The topological polar surface area (TPSA) is 12.0 Å². The van der Waals surface area contributed by atoms with Crippen molar-refractivity contribution in [2.24, 2.45) is 5.92 Å². The zero-order chi connectivity index (χ0) is 12.1. The maximum absolute atomic E-state index is 5.92. The predicted molar refractivity (Wildman–Crippen MR) is 74.4 cm³/mol. The second-order valence-electron chi connectivity index (χ2n) is 5.07. The molecule has 0 heterocycles. The van der Waals surface area contributed by atoms with Crippen LogP contribution in [0.1, 0.15) is 50.6 Å². The Kier molecular flexibility index (Phi) is 4.87. The molecule has 1 atom stereocenters. The first kappa shape index (κ1) is 12.9. The smallest absolute Gasteiger partial charge is 0.0406 e. The highest BCUT2D eigenvalue weighted by Crippen LogP contribution is 2.25. The van der Waals surface area contributed by atoms with Gasteiger partial charge in [-0.25, -0.2) is 0 Å². The highest BCUT2D eigenvalue weighted by molar-refractivity contribution is 6.30. The van der Waals surface area contributed by atoms with Crippen LogP contribution in [-0.4, -0.2) is 6.54 Å². The summed E-state index contributed by atoms with van der Waals surface area (Å²) in [6, 6.07) is 8.72. The number of benzene rings is 1. The first-order chi connectivity index (χ1) is 8.29. The lowest BCUT2D eigenvalue weighted by atomic mass is 10.0. The van der Waals surface area contributed by atoms with E-state index in [1.165, 1.54) is 37.8 Å². The zero-order valence-electron chi connectivity index (χ0n) is 10.6. The van der Waals surface area contributed by atoms with E-state index in [0.717, 1.165) is 17.4 Å². The Morgan fingerprint density at radius 3 is 2.47 bits per heavy atom. The molecule has 0 saturated heterocycles. The van der Waals surface area contributed by atoms with E-state index in [-0.39, 0.29) is 0 Å². The van der Waals surface area contributed by atoms with Crippen LogP contribution < -0.4 is 5.32 Å². The van der Waals surface area contributed by atoms with Crippen molar-refractivity contribution in [2.45, 2.75) is 45.1 Å². The molecular formula is C15H22ClN. The van der Waals surface area contributed by atoms with Gasteiger partial charge in [0.25, 0.3) is 0 Å². The van der Waals surface area contributed by atoms with E-state index < -0.39 is 0 Å². The third kappa shape index (κ3) is 3.72. The molecule has 0 bridgehead atoms. The van der Waals surface area contributed by atoms with Gasteiger partial charge in [0.05, 0.1) is 0 Å². The largest absolute Gasteiger partial charge is 0.310 e. The van der Waals surface area contributed by atoms with Gasteiger partial charge in [0.2, 0.25) is 0 Å². The van der Waals surface area contributed by atoms with E-state index in [2.05, 4.69) is 24.4 Å². The van der Waals surface area contributed by atoms with Crippen LogP contribution in [0.5, 0.6) is 0 Å². The van der Waals surface area contributed by atoms with Gasteiger partial charge in [-0.1, -0.05) is 43.5 Å².